The molecule has 1 atom stereocenters. The van der Waals surface area contributed by atoms with Gasteiger partial charge in [-0.2, -0.15) is 18.4 Å². The van der Waals surface area contributed by atoms with E-state index in [1.807, 2.05) is 6.07 Å². The fourth-order valence-electron chi connectivity index (χ4n) is 2.55. The second-order valence-electron chi connectivity index (χ2n) is 4.88. The number of thiophene rings is 1. The van der Waals surface area contributed by atoms with E-state index in [0.717, 1.165) is 0 Å². The molecule has 20 heavy (non-hydrogen) atoms. The normalized spacial score (nSPS) is 18.8. The molecular weight excluding hydrogens is 287 g/mol. The highest BCUT2D eigenvalue weighted by Gasteiger charge is 2.41. The molecule has 0 saturated carbocycles. The third kappa shape index (κ3) is 2.00. The fraction of sp³-hybridized carbons (Fsp3) is 0.385. The predicted molar refractivity (Wildman–Crippen MR) is 70.3 cm³/mol. The Bertz CT molecular complexity index is 727. The molecule has 0 amide bonds. The molecule has 2 aromatic heterocycles. The number of hydrogen-bond donors (Lipinski definition) is 1. The first kappa shape index (κ1) is 13.2. The Morgan fingerprint density at radius 1 is 1.45 bits per heavy atom. The Morgan fingerprint density at radius 3 is 2.85 bits per heavy atom. The maximum Gasteiger partial charge on any atom is 0.392 e. The summed E-state index contributed by atoms with van der Waals surface area (Å²) in [5, 5.41) is 9.53. The first-order valence-corrected chi connectivity index (χ1v) is 6.89. The van der Waals surface area contributed by atoms with Crippen molar-refractivity contribution in [2.75, 3.05) is 5.73 Å². The molecule has 0 aromatic carbocycles. The van der Waals surface area contributed by atoms with Gasteiger partial charge in [-0.05, 0) is 30.9 Å². The van der Waals surface area contributed by atoms with Crippen LogP contribution in [0.25, 0.3) is 10.2 Å². The fourth-order valence-corrected chi connectivity index (χ4v) is 3.45. The molecule has 104 valence electrons. The van der Waals surface area contributed by atoms with Crippen molar-refractivity contribution in [3.63, 3.8) is 0 Å². The average molecular weight is 297 g/mol. The molecule has 0 fully saturated rings. The van der Waals surface area contributed by atoms with Crippen LogP contribution in [0.1, 0.15) is 22.6 Å². The van der Waals surface area contributed by atoms with Gasteiger partial charge in [-0.1, -0.05) is 0 Å². The van der Waals surface area contributed by atoms with Gasteiger partial charge in [0.2, 0.25) is 0 Å². The summed E-state index contributed by atoms with van der Waals surface area (Å²) in [4.78, 5) is 5.37. The number of aromatic nitrogens is 1. The van der Waals surface area contributed by atoms with Crippen molar-refractivity contribution < 1.29 is 13.2 Å². The van der Waals surface area contributed by atoms with Gasteiger partial charge in [0.05, 0.1) is 11.6 Å². The quantitative estimate of drug-likeness (QED) is 0.810. The maximum absolute atomic E-state index is 12.8. The molecule has 3 rings (SSSR count). The summed E-state index contributed by atoms with van der Waals surface area (Å²) >= 11 is 1.18. The number of rotatable bonds is 0. The van der Waals surface area contributed by atoms with E-state index in [1.165, 1.54) is 11.3 Å². The van der Waals surface area contributed by atoms with Crippen LogP contribution in [0.3, 0.4) is 0 Å². The van der Waals surface area contributed by atoms with Crippen LogP contribution in [0.4, 0.5) is 18.9 Å². The Morgan fingerprint density at radius 2 is 2.20 bits per heavy atom. The van der Waals surface area contributed by atoms with Crippen LogP contribution >= 0.6 is 11.3 Å². The number of nitrogens with zero attached hydrogens (tertiary/aromatic N) is 2. The van der Waals surface area contributed by atoms with Gasteiger partial charge < -0.3 is 5.73 Å². The zero-order valence-electron chi connectivity index (χ0n) is 10.3. The molecule has 0 spiro atoms. The van der Waals surface area contributed by atoms with Gasteiger partial charge in [-0.15, -0.1) is 11.3 Å². The first-order chi connectivity index (χ1) is 9.40. The molecule has 0 aliphatic heterocycles. The number of nitrogens with two attached hydrogens (primary N) is 1. The number of fused-ring (bicyclic) bond motifs is 2. The van der Waals surface area contributed by atoms with Crippen molar-refractivity contribution in [3.05, 3.63) is 22.2 Å². The third-order valence-corrected chi connectivity index (χ3v) is 4.67. The van der Waals surface area contributed by atoms with Gasteiger partial charge in [-0.25, -0.2) is 4.98 Å². The minimum absolute atomic E-state index is 0.0566. The number of hydrogen-bond acceptors (Lipinski definition) is 4. The summed E-state index contributed by atoms with van der Waals surface area (Å²) in [7, 11) is 0. The smallest absolute Gasteiger partial charge is 0.392 e. The zero-order valence-corrected chi connectivity index (χ0v) is 11.1. The predicted octanol–water partition coefficient (Wildman–Crippen LogP) is 3.42. The van der Waals surface area contributed by atoms with E-state index >= 15 is 0 Å². The number of halogens is 3. The van der Waals surface area contributed by atoms with Crippen LogP contribution in [0.5, 0.6) is 0 Å². The number of nitriles is 1. The molecule has 3 nitrogen and oxygen atoms in total. The molecule has 1 aliphatic rings. The highest BCUT2D eigenvalue weighted by Crippen LogP contribution is 2.39. The number of anilines is 1. The lowest BCUT2D eigenvalue weighted by atomic mass is 9.86. The van der Waals surface area contributed by atoms with Gasteiger partial charge in [0.15, 0.2) is 0 Å². The third-order valence-electron chi connectivity index (χ3n) is 3.65. The van der Waals surface area contributed by atoms with Crippen LogP contribution in [-0.2, 0) is 12.8 Å². The Kier molecular flexibility index (Phi) is 2.87. The molecule has 2 N–H and O–H groups in total. The van der Waals surface area contributed by atoms with Gasteiger partial charge in [0.25, 0.3) is 0 Å². The van der Waals surface area contributed by atoms with E-state index in [4.69, 9.17) is 11.0 Å². The van der Waals surface area contributed by atoms with E-state index < -0.39 is 12.1 Å². The SMILES string of the molecule is N#Cc1sc2nc3c(cc2c1N)CC(C(F)(F)F)CC3. The van der Waals surface area contributed by atoms with E-state index in [-0.39, 0.29) is 12.8 Å². The highest BCUT2D eigenvalue weighted by molar-refractivity contribution is 7.19. The van der Waals surface area contributed by atoms with Crippen molar-refractivity contribution in [1.82, 2.24) is 4.98 Å². The van der Waals surface area contributed by atoms with Crippen molar-refractivity contribution in [2.24, 2.45) is 5.92 Å². The highest BCUT2D eigenvalue weighted by atomic mass is 32.1. The lowest BCUT2D eigenvalue weighted by molar-refractivity contribution is -0.177. The van der Waals surface area contributed by atoms with Crippen LogP contribution in [0.15, 0.2) is 6.07 Å². The molecule has 2 heterocycles. The van der Waals surface area contributed by atoms with Crippen molar-refractivity contribution in [3.8, 4) is 6.07 Å². The van der Waals surface area contributed by atoms with Gasteiger partial charge >= 0.3 is 6.18 Å². The summed E-state index contributed by atoms with van der Waals surface area (Å²) in [6.45, 7) is 0. The minimum Gasteiger partial charge on any atom is -0.396 e. The summed E-state index contributed by atoms with van der Waals surface area (Å²) in [5.41, 5.74) is 7.44. The van der Waals surface area contributed by atoms with Gasteiger partial charge in [-0.3, -0.25) is 0 Å². The lowest BCUT2D eigenvalue weighted by Crippen LogP contribution is -2.29. The number of pyridine rings is 1. The van der Waals surface area contributed by atoms with E-state index in [9.17, 15) is 13.2 Å². The largest absolute Gasteiger partial charge is 0.396 e. The summed E-state index contributed by atoms with van der Waals surface area (Å²) < 4.78 is 38.4. The molecule has 7 heteroatoms. The molecule has 2 aromatic rings. The zero-order chi connectivity index (χ0) is 14.5. The Balaban J connectivity index is 2.09. The van der Waals surface area contributed by atoms with E-state index in [2.05, 4.69) is 4.98 Å². The maximum atomic E-state index is 12.8. The van der Waals surface area contributed by atoms with Crippen LogP contribution < -0.4 is 5.73 Å². The van der Waals surface area contributed by atoms with Gasteiger partial charge in [0.1, 0.15) is 15.8 Å². The van der Waals surface area contributed by atoms with Crippen molar-refractivity contribution in [2.45, 2.75) is 25.4 Å². The number of nitrogen functional groups attached to an aromatic ring is 1. The average Bonchev–Trinajstić information content (AvgIpc) is 2.71. The monoisotopic (exact) mass is 297 g/mol. The Labute approximate surface area is 116 Å². The second kappa shape index (κ2) is 4.35. The standard InChI is InChI=1S/C13H10F3N3S/c14-13(15,16)7-1-2-9-6(3-7)4-8-11(18)10(5-17)20-12(8)19-9/h4,7H,1-3,18H2. The minimum atomic E-state index is -4.18. The summed E-state index contributed by atoms with van der Waals surface area (Å²) in [5.74, 6) is -1.32. The second-order valence-corrected chi connectivity index (χ2v) is 5.88. The van der Waals surface area contributed by atoms with Gasteiger partial charge in [0, 0.05) is 11.1 Å². The first-order valence-electron chi connectivity index (χ1n) is 6.07. The summed E-state index contributed by atoms with van der Waals surface area (Å²) in [6.07, 6.45) is -3.85. The topological polar surface area (TPSA) is 62.7 Å². The van der Waals surface area contributed by atoms with E-state index in [1.54, 1.807) is 6.07 Å². The number of aryl methyl sites for hydroxylation is 1. The lowest BCUT2D eigenvalue weighted by Gasteiger charge is -2.25. The molecule has 0 saturated heterocycles. The number of alkyl halides is 3. The van der Waals surface area contributed by atoms with Crippen LogP contribution in [-0.4, -0.2) is 11.2 Å². The van der Waals surface area contributed by atoms with Crippen LogP contribution in [0, 0.1) is 17.2 Å². The molecule has 1 aliphatic carbocycles. The Hall–Kier alpha value is -1.81. The van der Waals surface area contributed by atoms with E-state index in [0.29, 0.717) is 38.5 Å². The summed E-state index contributed by atoms with van der Waals surface area (Å²) in [6, 6.07) is 3.65. The van der Waals surface area contributed by atoms with Crippen molar-refractivity contribution in [1.29, 1.82) is 5.26 Å². The molecule has 0 radical (unpaired) electrons. The van der Waals surface area contributed by atoms with Crippen molar-refractivity contribution >= 4 is 27.2 Å². The molecule has 1 unspecified atom stereocenters. The molecular formula is C13H10F3N3S. The molecule has 0 bridgehead atoms. The van der Waals surface area contributed by atoms with Crippen LogP contribution in [0.2, 0.25) is 0 Å².